The fourth-order valence-corrected chi connectivity index (χ4v) is 9.53. The van der Waals surface area contributed by atoms with Crippen LogP contribution in [-0.4, -0.2) is 91.0 Å². The molecule has 2 aromatic carbocycles. The summed E-state index contributed by atoms with van der Waals surface area (Å²) in [6.45, 7) is 20.5. The number of hydrogen-bond acceptors (Lipinski definition) is 10. The van der Waals surface area contributed by atoms with Crippen LogP contribution in [0.15, 0.2) is 149 Å². The maximum atomic E-state index is 13.8. The van der Waals surface area contributed by atoms with Crippen molar-refractivity contribution in [2.24, 2.45) is 14.1 Å². The first kappa shape index (κ1) is 77.5. The minimum Gasteiger partial charge on any atom is -0.405 e. The third kappa shape index (κ3) is 18.6. The van der Waals surface area contributed by atoms with Crippen LogP contribution in [0.25, 0.3) is 67.3 Å². The Hall–Kier alpha value is -5.49. The highest BCUT2D eigenvalue weighted by atomic mass is 127. The lowest BCUT2D eigenvalue weighted by Gasteiger charge is -2.32. The second kappa shape index (κ2) is 31.4. The first-order valence-electron chi connectivity index (χ1n) is 28.3. The van der Waals surface area contributed by atoms with Gasteiger partial charge >= 0.3 is 37.8 Å². The standard InChI is InChI=1S/C23H15F4N5O.C16H10ClF4N3O.C12H24B2O4.C7H5BrN2.C2H4I2.C2H5I.CH4/c1-31-12-20(32(22(31)33)16-2-3-18(24)17(10-16)23(25,26)27)19-9-13(4-6-28-19)15-8-14-5-7-29-21(14)30-11-15;1-23-8-14(13-6-9(17)4-5-22-13)24(15(23)25)10-2-3-12(18)11(7-10)16(19,20)21;1-9(2)10(3,4)16-13(15-9)14-17-11(5,6)12(7,8)18-14;8-6-3-5-1-2-9-7(5)10-4-6;1-2(3)4;1-2-3;/h2-12H,1H3,(H,29,30);2-8H,1H3;1-8H3;1-4H,(H,9,10);2H,1H3;2H2,1H3;1H4. The van der Waals surface area contributed by atoms with Crippen LogP contribution in [0.4, 0.5) is 35.1 Å². The summed E-state index contributed by atoms with van der Waals surface area (Å²) in [7, 11) is 1.97. The molecule has 0 bridgehead atoms. The van der Waals surface area contributed by atoms with Crippen LogP contribution in [0, 0.1) is 11.6 Å². The second-order valence-electron chi connectivity index (χ2n) is 22.8. The van der Waals surface area contributed by atoms with Crippen molar-refractivity contribution in [3.8, 4) is 45.3 Å². The van der Waals surface area contributed by atoms with Gasteiger partial charge < -0.3 is 37.7 Å². The van der Waals surface area contributed by atoms with Gasteiger partial charge in [0.1, 0.15) is 22.9 Å². The number of halogens is 13. The topological polar surface area (TPSA) is 174 Å². The molecular weight excluding hydrogens is 1660 g/mol. The molecule has 2 aliphatic heterocycles. The number of alkyl halides is 9. The number of nitrogens with one attached hydrogen (secondary N) is 2. The SMILES string of the molecule is Brc1cnc2[nH]ccc2c1.C.CC(I)I.CC1(C)OB(B2OC(C)(C)C(C)(C)O2)OC1(C)C.CCI.Cn1cc(-c2cc(-c3cnc4[nH]ccc4c3)ccn2)n(-c2ccc(F)c(C(F)(F)F)c2)c1=O.Cn1cc(-c2cc(Cl)ccn2)n(-c2ccc(F)c(C(F)(F)F)c2)c1=O. The number of pyridine rings is 4. The van der Waals surface area contributed by atoms with Crippen LogP contribution in [0.1, 0.15) is 87.8 Å². The van der Waals surface area contributed by atoms with Crippen molar-refractivity contribution in [3.63, 3.8) is 0 Å². The number of rotatable bonds is 6. The lowest BCUT2D eigenvalue weighted by molar-refractivity contribution is -0.140. The van der Waals surface area contributed by atoms with Crippen LogP contribution >= 0.6 is 95.3 Å². The summed E-state index contributed by atoms with van der Waals surface area (Å²) in [6, 6.07) is 19.1. The predicted octanol–water partition coefficient (Wildman–Crippen LogP) is 17.8. The van der Waals surface area contributed by atoms with Crippen LogP contribution in [0.2, 0.25) is 5.02 Å². The molecule has 10 heterocycles. The van der Waals surface area contributed by atoms with Crippen molar-refractivity contribution in [3.05, 3.63) is 188 Å². The highest BCUT2D eigenvalue weighted by molar-refractivity contribution is 14.2. The molecule has 31 heteroatoms. The zero-order valence-corrected chi connectivity index (χ0v) is 60.9. The molecule has 0 amide bonds. The summed E-state index contributed by atoms with van der Waals surface area (Å²) in [6.07, 6.45) is 3.17. The monoisotopic (exact) mass is 1730 g/mol. The molecule has 2 saturated heterocycles. The first-order chi connectivity index (χ1) is 43.3. The fourth-order valence-electron chi connectivity index (χ4n) is 9.02. The smallest absolute Gasteiger partial charge is 0.405 e. The number of hydrogen-bond donors (Lipinski definition) is 2. The maximum absolute atomic E-state index is 13.8. The zero-order chi connectivity index (χ0) is 68.9. The number of aromatic nitrogens is 10. The molecule has 0 aliphatic carbocycles. The van der Waals surface area contributed by atoms with Crippen molar-refractivity contribution >= 4 is 131 Å². The molecule has 0 saturated carbocycles. The summed E-state index contributed by atoms with van der Waals surface area (Å²) in [5.74, 6) is -2.83. The third-order valence-corrected chi connectivity index (χ3v) is 15.7. The summed E-state index contributed by atoms with van der Waals surface area (Å²) >= 11 is 16.2. The average molecular weight is 1730 g/mol. The van der Waals surface area contributed by atoms with Gasteiger partial charge in [0.05, 0.1) is 69.6 Å². The number of fused-ring (bicyclic) bond motifs is 2. The van der Waals surface area contributed by atoms with Gasteiger partial charge in [0.15, 0.2) is 0 Å². The second-order valence-corrected chi connectivity index (χ2v) is 31.8. The number of aromatic amines is 2. The molecule has 0 radical (unpaired) electrons. The number of imidazole rings is 2. The summed E-state index contributed by atoms with van der Waals surface area (Å²) in [4.78, 5) is 48.1. The molecule has 0 atom stereocenters. The highest BCUT2D eigenvalue weighted by Crippen LogP contribution is 2.43. The van der Waals surface area contributed by atoms with Gasteiger partial charge in [-0.25, -0.2) is 28.3 Å². The van der Waals surface area contributed by atoms with E-state index in [9.17, 15) is 44.7 Å². The molecular formula is C63H67B2BrClF8I3N10O6. The summed E-state index contributed by atoms with van der Waals surface area (Å²) in [5, 5.41) is 2.39. The van der Waals surface area contributed by atoms with Gasteiger partial charge in [-0.2, -0.15) is 26.3 Å². The lowest BCUT2D eigenvalue weighted by atomic mass is 9.49. The Bertz CT molecular complexity index is 4300. The summed E-state index contributed by atoms with van der Waals surface area (Å²) in [5.41, 5.74) is -1.40. The van der Waals surface area contributed by atoms with Crippen molar-refractivity contribution < 1.29 is 53.7 Å². The van der Waals surface area contributed by atoms with E-state index in [0.717, 1.165) is 60.9 Å². The molecule has 16 nitrogen and oxygen atoms in total. The Kier molecular flexibility index (Phi) is 25.9. The van der Waals surface area contributed by atoms with Gasteiger partial charge in [0, 0.05) is 89.5 Å². The average Bonchev–Trinajstić information content (AvgIpc) is 1.61. The molecule has 8 aromatic heterocycles. The van der Waals surface area contributed by atoms with Crippen molar-refractivity contribution in [1.29, 1.82) is 0 Å². The molecule has 0 spiro atoms. The molecule has 0 unspecified atom stereocenters. The lowest BCUT2D eigenvalue weighted by Crippen LogP contribution is -2.41. The molecule has 10 aromatic rings. The van der Waals surface area contributed by atoms with Gasteiger partial charge in [0.25, 0.3) is 0 Å². The van der Waals surface area contributed by atoms with E-state index in [1.54, 1.807) is 36.9 Å². The molecule has 94 heavy (non-hydrogen) atoms. The predicted molar refractivity (Wildman–Crippen MR) is 383 cm³/mol. The zero-order valence-electron chi connectivity index (χ0n) is 52.1. The van der Waals surface area contributed by atoms with E-state index in [4.69, 9.17) is 30.2 Å². The van der Waals surface area contributed by atoms with E-state index in [1.165, 1.54) is 58.4 Å². The Morgan fingerprint density at radius 1 is 0.596 bits per heavy atom. The van der Waals surface area contributed by atoms with Crippen LogP contribution < -0.4 is 11.4 Å². The quantitative estimate of drug-likeness (QED) is 0.0706. The van der Waals surface area contributed by atoms with E-state index in [-0.39, 0.29) is 52.6 Å². The van der Waals surface area contributed by atoms with E-state index < -0.39 is 60.5 Å². The number of nitrogens with zero attached hydrogens (tertiary/aromatic N) is 8. The molecule has 12 rings (SSSR count). The fraction of sp³-hybridized carbons (Fsp3) is 0.333. The van der Waals surface area contributed by atoms with Crippen LogP contribution in [0.5, 0.6) is 0 Å². The number of benzene rings is 2. The maximum Gasteiger partial charge on any atom is 0.488 e. The van der Waals surface area contributed by atoms with Gasteiger partial charge in [-0.05, 0) is 173 Å². The van der Waals surface area contributed by atoms with E-state index in [0.29, 0.717) is 40.7 Å². The van der Waals surface area contributed by atoms with Gasteiger partial charge in [-0.3, -0.25) is 19.1 Å². The molecule has 2 N–H and O–H groups in total. The minimum absolute atomic E-state index is 0. The largest absolute Gasteiger partial charge is 0.488 e. The van der Waals surface area contributed by atoms with Gasteiger partial charge in [-0.1, -0.05) is 93.7 Å². The Balaban J connectivity index is 0.000000203. The van der Waals surface area contributed by atoms with Crippen molar-refractivity contribution in [2.45, 2.75) is 113 Å². The van der Waals surface area contributed by atoms with Crippen LogP contribution in [-0.2, 0) is 45.1 Å². The Labute approximate surface area is 593 Å². The minimum atomic E-state index is -4.90. The highest BCUT2D eigenvalue weighted by Gasteiger charge is 2.63. The Morgan fingerprint density at radius 3 is 1.38 bits per heavy atom. The number of aryl methyl sites for hydroxylation is 2. The number of H-pyrrole nitrogens is 2. The van der Waals surface area contributed by atoms with Crippen LogP contribution in [0.3, 0.4) is 0 Å². The van der Waals surface area contributed by atoms with Crippen molar-refractivity contribution in [2.75, 3.05) is 4.43 Å². The Morgan fingerprint density at radius 2 is 0.979 bits per heavy atom. The molecule has 502 valence electrons. The van der Waals surface area contributed by atoms with Gasteiger partial charge in [-0.15, -0.1) is 0 Å². The van der Waals surface area contributed by atoms with E-state index >= 15 is 0 Å². The van der Waals surface area contributed by atoms with E-state index in [2.05, 4.69) is 127 Å². The normalized spacial score (nSPS) is 15.1. The van der Waals surface area contributed by atoms with Gasteiger partial charge in [0.2, 0.25) is 0 Å². The first-order valence-corrected chi connectivity index (χ1v) is 33.4. The van der Waals surface area contributed by atoms with Crippen molar-refractivity contribution in [1.82, 2.24) is 48.2 Å². The van der Waals surface area contributed by atoms with E-state index in [1.807, 2.05) is 85.9 Å². The third-order valence-electron chi connectivity index (χ3n) is 15.0. The molecule has 2 fully saturated rings. The molecule has 2 aliphatic rings. The summed E-state index contributed by atoms with van der Waals surface area (Å²) < 4.78 is 137.